The lowest BCUT2D eigenvalue weighted by Gasteiger charge is -2.25. The normalized spacial score (nSPS) is 14.9. The van der Waals surface area contributed by atoms with Crippen molar-refractivity contribution in [1.82, 2.24) is 5.32 Å². The monoisotopic (exact) mass is 244 g/mol. The first kappa shape index (κ1) is 15.9. The molecule has 0 bridgehead atoms. The summed E-state index contributed by atoms with van der Waals surface area (Å²) in [5, 5.41) is 2.61. The van der Waals surface area contributed by atoms with Crippen LogP contribution in [0.5, 0.6) is 0 Å². The number of ether oxygens (including phenoxy) is 1. The minimum absolute atomic E-state index is 0.0237. The molecule has 0 heterocycles. The molecule has 0 rings (SSSR count). The largest absolute Gasteiger partial charge is 0.467 e. The Kier molecular flexibility index (Phi) is 6.16. The molecule has 0 saturated heterocycles. The highest BCUT2D eigenvalue weighted by molar-refractivity contribution is 5.85. The third-order valence-electron chi connectivity index (χ3n) is 2.43. The lowest BCUT2D eigenvalue weighted by molar-refractivity contribution is -0.145. The summed E-state index contributed by atoms with van der Waals surface area (Å²) in [6.45, 7) is 8.01. The second-order valence-electron chi connectivity index (χ2n) is 5.45. The molecular formula is C12H24N2O3. The van der Waals surface area contributed by atoms with Gasteiger partial charge in [0, 0.05) is 6.54 Å². The number of nitrogens with one attached hydrogen (secondary N) is 1. The lowest BCUT2D eigenvalue weighted by atomic mass is 9.84. The van der Waals surface area contributed by atoms with Crippen molar-refractivity contribution in [3.63, 3.8) is 0 Å². The number of carbonyl (C=O) groups is 2. The second-order valence-corrected chi connectivity index (χ2v) is 5.45. The van der Waals surface area contributed by atoms with Gasteiger partial charge in [-0.25, -0.2) is 4.79 Å². The van der Waals surface area contributed by atoms with E-state index in [1.807, 2.05) is 20.8 Å². The van der Waals surface area contributed by atoms with Gasteiger partial charge in [-0.05, 0) is 18.8 Å². The van der Waals surface area contributed by atoms with Crippen LogP contribution in [0.25, 0.3) is 0 Å². The van der Waals surface area contributed by atoms with Crippen LogP contribution >= 0.6 is 0 Å². The van der Waals surface area contributed by atoms with Gasteiger partial charge in [-0.2, -0.15) is 0 Å². The van der Waals surface area contributed by atoms with Crippen LogP contribution in [0.2, 0.25) is 0 Å². The summed E-state index contributed by atoms with van der Waals surface area (Å²) in [6.07, 6.45) is 0.684. The van der Waals surface area contributed by atoms with Crippen molar-refractivity contribution in [2.24, 2.45) is 17.1 Å². The first-order valence-electron chi connectivity index (χ1n) is 5.79. The summed E-state index contributed by atoms with van der Waals surface area (Å²) >= 11 is 0. The molecule has 0 radical (unpaired) electrons. The number of nitrogens with two attached hydrogens (primary N) is 1. The Bertz CT molecular complexity index is 271. The van der Waals surface area contributed by atoms with E-state index >= 15 is 0 Å². The van der Waals surface area contributed by atoms with Gasteiger partial charge >= 0.3 is 5.97 Å². The maximum atomic E-state index is 11.9. The highest BCUT2D eigenvalue weighted by atomic mass is 16.5. The van der Waals surface area contributed by atoms with Crippen molar-refractivity contribution in [3.8, 4) is 0 Å². The van der Waals surface area contributed by atoms with Gasteiger partial charge in [0.25, 0.3) is 0 Å². The molecule has 0 aliphatic rings. The minimum atomic E-state index is -0.637. The van der Waals surface area contributed by atoms with Crippen molar-refractivity contribution < 1.29 is 14.3 Å². The average Bonchev–Trinajstić information content (AvgIpc) is 2.23. The van der Waals surface area contributed by atoms with Crippen molar-refractivity contribution in [3.05, 3.63) is 0 Å². The van der Waals surface area contributed by atoms with Gasteiger partial charge in [0.15, 0.2) is 0 Å². The fourth-order valence-corrected chi connectivity index (χ4v) is 1.59. The van der Waals surface area contributed by atoms with E-state index < -0.39 is 12.0 Å². The molecule has 0 spiro atoms. The molecule has 0 fully saturated rings. The van der Waals surface area contributed by atoms with Crippen LogP contribution in [0, 0.1) is 11.3 Å². The number of rotatable bonds is 5. The quantitative estimate of drug-likeness (QED) is 0.697. The van der Waals surface area contributed by atoms with Gasteiger partial charge in [-0.3, -0.25) is 4.79 Å². The molecule has 0 aliphatic carbocycles. The van der Waals surface area contributed by atoms with Crippen LogP contribution < -0.4 is 11.1 Å². The number of amides is 1. The number of carbonyl (C=O) groups excluding carboxylic acids is 2. The Morgan fingerprint density at radius 2 is 1.88 bits per heavy atom. The van der Waals surface area contributed by atoms with E-state index in [9.17, 15) is 9.59 Å². The van der Waals surface area contributed by atoms with E-state index in [4.69, 9.17) is 5.73 Å². The van der Waals surface area contributed by atoms with Gasteiger partial charge in [0.05, 0.1) is 13.0 Å². The van der Waals surface area contributed by atoms with Gasteiger partial charge in [0.2, 0.25) is 5.91 Å². The summed E-state index contributed by atoms with van der Waals surface area (Å²) in [7, 11) is 1.29. The molecule has 100 valence electrons. The maximum absolute atomic E-state index is 11.9. The molecule has 1 unspecified atom stereocenters. The van der Waals surface area contributed by atoms with Gasteiger partial charge < -0.3 is 15.8 Å². The molecule has 0 aromatic carbocycles. The van der Waals surface area contributed by atoms with E-state index in [0.29, 0.717) is 6.42 Å². The Morgan fingerprint density at radius 3 is 2.24 bits per heavy atom. The van der Waals surface area contributed by atoms with Crippen LogP contribution in [0.1, 0.15) is 34.1 Å². The molecule has 3 N–H and O–H groups in total. The fraction of sp³-hybridized carbons (Fsp3) is 0.833. The van der Waals surface area contributed by atoms with Gasteiger partial charge in [0.1, 0.15) is 6.04 Å². The third-order valence-corrected chi connectivity index (χ3v) is 2.43. The first-order chi connectivity index (χ1) is 7.71. The predicted molar refractivity (Wildman–Crippen MR) is 66.2 cm³/mol. The van der Waals surface area contributed by atoms with E-state index in [0.717, 1.165) is 0 Å². The van der Waals surface area contributed by atoms with Gasteiger partial charge in [-0.1, -0.05) is 20.8 Å². The SMILES string of the molecule is COC(=O)[C@H](C)NC(=O)C(CN)CC(C)(C)C. The summed E-state index contributed by atoms with van der Waals surface area (Å²) in [5.74, 6) is -0.924. The van der Waals surface area contributed by atoms with Crippen molar-refractivity contribution in [2.45, 2.75) is 40.2 Å². The van der Waals surface area contributed by atoms with E-state index in [1.54, 1.807) is 6.92 Å². The van der Waals surface area contributed by atoms with Crippen LogP contribution in [0.4, 0.5) is 0 Å². The summed E-state index contributed by atoms with van der Waals surface area (Å²) in [5.41, 5.74) is 5.61. The predicted octanol–water partition coefficient (Wildman–Crippen LogP) is 0.675. The number of hydrogen-bond donors (Lipinski definition) is 2. The number of hydrogen-bond acceptors (Lipinski definition) is 4. The number of methoxy groups -OCH3 is 1. The molecule has 0 aliphatic heterocycles. The Labute approximate surface area is 103 Å². The van der Waals surface area contributed by atoms with Gasteiger partial charge in [-0.15, -0.1) is 0 Å². The summed E-state index contributed by atoms with van der Waals surface area (Å²) in [6, 6.07) is -0.637. The average molecular weight is 244 g/mol. The molecular weight excluding hydrogens is 220 g/mol. The van der Waals surface area contributed by atoms with Crippen LogP contribution in [0.15, 0.2) is 0 Å². The fourth-order valence-electron chi connectivity index (χ4n) is 1.59. The molecule has 5 heteroatoms. The topological polar surface area (TPSA) is 81.4 Å². The Morgan fingerprint density at radius 1 is 1.35 bits per heavy atom. The highest BCUT2D eigenvalue weighted by Crippen LogP contribution is 2.24. The van der Waals surface area contributed by atoms with E-state index in [1.165, 1.54) is 7.11 Å². The molecule has 17 heavy (non-hydrogen) atoms. The Hall–Kier alpha value is -1.10. The van der Waals surface area contributed by atoms with Crippen LogP contribution in [0.3, 0.4) is 0 Å². The zero-order valence-electron chi connectivity index (χ0n) is 11.4. The van der Waals surface area contributed by atoms with Crippen molar-refractivity contribution in [1.29, 1.82) is 0 Å². The highest BCUT2D eigenvalue weighted by Gasteiger charge is 2.26. The van der Waals surface area contributed by atoms with Crippen molar-refractivity contribution >= 4 is 11.9 Å². The smallest absolute Gasteiger partial charge is 0.328 e. The Balaban J connectivity index is 4.41. The maximum Gasteiger partial charge on any atom is 0.328 e. The molecule has 0 aromatic heterocycles. The molecule has 0 saturated carbocycles. The number of esters is 1. The molecule has 5 nitrogen and oxygen atoms in total. The first-order valence-corrected chi connectivity index (χ1v) is 5.79. The zero-order chi connectivity index (χ0) is 13.6. The lowest BCUT2D eigenvalue weighted by Crippen LogP contribution is -2.44. The second kappa shape index (κ2) is 6.59. The van der Waals surface area contributed by atoms with Crippen molar-refractivity contribution in [2.75, 3.05) is 13.7 Å². The standard InChI is InChI=1S/C12H24N2O3/c1-8(11(16)17-5)14-10(15)9(7-13)6-12(2,3)4/h8-9H,6-7,13H2,1-5H3,(H,14,15)/t8-,9?/m0/s1. The molecule has 0 aromatic rings. The zero-order valence-corrected chi connectivity index (χ0v) is 11.4. The van der Waals surface area contributed by atoms with Crippen LogP contribution in [-0.2, 0) is 14.3 Å². The molecule has 1 amide bonds. The molecule has 2 atom stereocenters. The van der Waals surface area contributed by atoms with Crippen LogP contribution in [-0.4, -0.2) is 31.6 Å². The van der Waals surface area contributed by atoms with E-state index in [-0.39, 0.29) is 23.8 Å². The minimum Gasteiger partial charge on any atom is -0.467 e. The third kappa shape index (κ3) is 6.26. The summed E-state index contributed by atoms with van der Waals surface area (Å²) in [4.78, 5) is 23.1. The van der Waals surface area contributed by atoms with E-state index in [2.05, 4.69) is 10.1 Å². The summed E-state index contributed by atoms with van der Waals surface area (Å²) < 4.78 is 4.54.